The summed E-state index contributed by atoms with van der Waals surface area (Å²) in [4.78, 5) is 37.4. The number of fused-ring (bicyclic) bond motifs is 6. The van der Waals surface area contributed by atoms with E-state index in [9.17, 15) is 14.0 Å². The van der Waals surface area contributed by atoms with Gasteiger partial charge in [-0.15, -0.1) is 0 Å². The quantitative estimate of drug-likeness (QED) is 0.317. The van der Waals surface area contributed by atoms with Crippen molar-refractivity contribution in [1.82, 2.24) is 20.2 Å². The number of aromatic nitrogens is 2. The highest BCUT2D eigenvalue weighted by atomic mass is 19.1. The zero-order valence-electron chi connectivity index (χ0n) is 24.8. The average Bonchev–Trinajstić information content (AvgIpc) is 3.04. The van der Waals surface area contributed by atoms with Crippen molar-refractivity contribution in [2.24, 2.45) is 0 Å². The predicted octanol–water partition coefficient (Wildman–Crippen LogP) is 5.84. The molecule has 4 aromatic rings. The lowest BCUT2D eigenvalue weighted by Gasteiger charge is -2.38. The molecule has 2 amide bonds. The largest absolute Gasteiger partial charge is 0.493 e. The van der Waals surface area contributed by atoms with Crippen LogP contribution in [0, 0.1) is 5.82 Å². The maximum absolute atomic E-state index is 14.6. The van der Waals surface area contributed by atoms with Crippen LogP contribution < -0.4 is 19.5 Å². The summed E-state index contributed by atoms with van der Waals surface area (Å²) in [6.45, 7) is 5.01. The Bertz CT molecular complexity index is 1710. The van der Waals surface area contributed by atoms with E-state index in [1.807, 2.05) is 55.1 Å². The molecule has 8 bridgehead atoms. The summed E-state index contributed by atoms with van der Waals surface area (Å²) < 4.78 is 32.3. The van der Waals surface area contributed by atoms with Gasteiger partial charge in [-0.2, -0.15) is 0 Å². The first-order chi connectivity index (χ1) is 21.3. The van der Waals surface area contributed by atoms with Crippen molar-refractivity contribution in [2.45, 2.75) is 38.6 Å². The minimum atomic E-state index is -0.635. The van der Waals surface area contributed by atoms with Crippen LogP contribution in [0.2, 0.25) is 0 Å². The van der Waals surface area contributed by atoms with Crippen LogP contribution >= 0.6 is 0 Å². The Kier molecular flexibility index (Phi) is 8.15. The van der Waals surface area contributed by atoms with Gasteiger partial charge in [0.1, 0.15) is 23.1 Å². The van der Waals surface area contributed by atoms with Gasteiger partial charge >= 0.3 is 0 Å². The summed E-state index contributed by atoms with van der Waals surface area (Å²) in [7, 11) is 1.57. The number of halogens is 1. The van der Waals surface area contributed by atoms with Crippen molar-refractivity contribution in [3.63, 3.8) is 0 Å². The average molecular weight is 597 g/mol. The van der Waals surface area contributed by atoms with Gasteiger partial charge in [-0.05, 0) is 72.0 Å². The van der Waals surface area contributed by atoms with Gasteiger partial charge in [0, 0.05) is 31.4 Å². The number of benzene rings is 3. The zero-order valence-corrected chi connectivity index (χ0v) is 24.8. The standard InChI is InChI=1S/C34H33FN4O5/c1-20(2)32-37-18-23(19-38-32)34(41)39-13-11-21-15-24-6-8-26(21)31(39)22-5-10-29(42-3)30(16-22)43-14-4-12-36-33(40)27-17-25(44-24)7-9-28(27)35/h5-10,15-20,31H,4,11-14H2,1-3H3,(H,36,40). The van der Waals surface area contributed by atoms with Gasteiger partial charge in [0.2, 0.25) is 0 Å². The van der Waals surface area contributed by atoms with E-state index in [4.69, 9.17) is 14.2 Å². The molecule has 1 unspecified atom stereocenters. The molecule has 1 N–H and O–H groups in total. The molecule has 226 valence electrons. The van der Waals surface area contributed by atoms with Crippen molar-refractivity contribution in [3.8, 4) is 23.0 Å². The van der Waals surface area contributed by atoms with Crippen LogP contribution in [0.3, 0.4) is 0 Å². The van der Waals surface area contributed by atoms with Crippen LogP contribution in [0.5, 0.6) is 23.0 Å². The highest BCUT2D eigenvalue weighted by Gasteiger charge is 2.34. The van der Waals surface area contributed by atoms with Crippen LogP contribution in [0.4, 0.5) is 4.39 Å². The topological polar surface area (TPSA) is 103 Å². The van der Waals surface area contributed by atoms with Crippen molar-refractivity contribution >= 4 is 11.8 Å². The molecule has 1 atom stereocenters. The van der Waals surface area contributed by atoms with Crippen LogP contribution in [-0.2, 0) is 6.42 Å². The van der Waals surface area contributed by atoms with E-state index in [0.717, 1.165) is 16.7 Å². The molecular formula is C34H33FN4O5. The van der Waals surface area contributed by atoms with E-state index in [1.54, 1.807) is 19.5 Å². The third-order valence-electron chi connectivity index (χ3n) is 7.82. The van der Waals surface area contributed by atoms with Gasteiger partial charge in [0.05, 0.1) is 30.9 Å². The van der Waals surface area contributed by atoms with Gasteiger partial charge in [-0.25, -0.2) is 14.4 Å². The number of carbonyl (C=O) groups excluding carboxylic acids is 2. The Hall–Kier alpha value is -4.99. The van der Waals surface area contributed by atoms with Crippen LogP contribution in [-0.4, -0.2) is 53.5 Å². The molecule has 1 aromatic heterocycles. The van der Waals surface area contributed by atoms with Gasteiger partial charge in [0.15, 0.2) is 11.5 Å². The van der Waals surface area contributed by atoms with E-state index < -0.39 is 17.8 Å². The van der Waals surface area contributed by atoms with Crippen LogP contribution in [0.15, 0.2) is 67.0 Å². The first-order valence-corrected chi connectivity index (χ1v) is 14.6. The van der Waals surface area contributed by atoms with Crippen LogP contribution in [0.25, 0.3) is 0 Å². The third kappa shape index (κ3) is 5.79. The normalized spacial score (nSPS) is 16.3. The minimum absolute atomic E-state index is 0.100. The van der Waals surface area contributed by atoms with Gasteiger partial charge in [-0.3, -0.25) is 9.59 Å². The maximum atomic E-state index is 14.6. The second-order valence-corrected chi connectivity index (χ2v) is 11.1. The highest BCUT2D eigenvalue weighted by molar-refractivity contribution is 5.95. The predicted molar refractivity (Wildman–Crippen MR) is 161 cm³/mol. The number of carbonyl (C=O) groups is 2. The molecule has 3 aromatic carbocycles. The second-order valence-electron chi connectivity index (χ2n) is 11.1. The Labute approximate surface area is 255 Å². The lowest BCUT2D eigenvalue weighted by atomic mass is 9.87. The van der Waals surface area contributed by atoms with Crippen LogP contribution in [0.1, 0.15) is 75.5 Å². The fraction of sp³-hybridized carbons (Fsp3) is 0.294. The molecule has 7 rings (SSSR count). The molecule has 0 saturated heterocycles. The fourth-order valence-electron chi connectivity index (χ4n) is 5.56. The Morgan fingerprint density at radius 2 is 1.84 bits per heavy atom. The lowest BCUT2D eigenvalue weighted by molar-refractivity contribution is 0.0693. The van der Waals surface area contributed by atoms with E-state index in [1.165, 1.54) is 18.2 Å². The maximum Gasteiger partial charge on any atom is 0.257 e. The summed E-state index contributed by atoms with van der Waals surface area (Å²) >= 11 is 0. The molecule has 0 fully saturated rings. The molecule has 0 saturated carbocycles. The van der Waals surface area contributed by atoms with Gasteiger partial charge in [-0.1, -0.05) is 26.0 Å². The number of nitrogens with one attached hydrogen (secondary N) is 1. The zero-order chi connectivity index (χ0) is 30.8. The second kappa shape index (κ2) is 12.3. The molecule has 4 heterocycles. The van der Waals surface area contributed by atoms with Gasteiger partial charge < -0.3 is 24.4 Å². The Balaban J connectivity index is 1.44. The number of rotatable bonds is 3. The Morgan fingerprint density at radius 1 is 1.07 bits per heavy atom. The Morgan fingerprint density at radius 3 is 2.61 bits per heavy atom. The molecule has 3 aliphatic rings. The number of ether oxygens (including phenoxy) is 3. The first kappa shape index (κ1) is 29.1. The highest BCUT2D eigenvalue weighted by Crippen LogP contribution is 2.41. The third-order valence-corrected chi connectivity index (χ3v) is 7.82. The molecule has 3 aliphatic heterocycles. The van der Waals surface area contributed by atoms with E-state index in [2.05, 4.69) is 15.3 Å². The monoisotopic (exact) mass is 596 g/mol. The van der Waals surface area contributed by atoms with E-state index in [-0.39, 0.29) is 30.5 Å². The molecule has 10 heteroatoms. The number of amides is 2. The number of nitrogens with zero attached hydrogens (tertiary/aromatic N) is 3. The molecule has 44 heavy (non-hydrogen) atoms. The summed E-state index contributed by atoms with van der Waals surface area (Å²) in [5.41, 5.74) is 3.10. The summed E-state index contributed by atoms with van der Waals surface area (Å²) in [5, 5.41) is 2.74. The number of hydrogen-bond donors (Lipinski definition) is 1. The van der Waals surface area contributed by atoms with E-state index in [0.29, 0.717) is 53.8 Å². The molecule has 0 radical (unpaired) electrons. The molecule has 0 spiro atoms. The smallest absolute Gasteiger partial charge is 0.257 e. The summed E-state index contributed by atoms with van der Waals surface area (Å²) in [5.74, 6) is 1.43. The van der Waals surface area contributed by atoms with Gasteiger partial charge in [0.25, 0.3) is 11.8 Å². The fourth-order valence-corrected chi connectivity index (χ4v) is 5.56. The van der Waals surface area contributed by atoms with Crippen molar-refractivity contribution in [1.29, 1.82) is 0 Å². The van der Waals surface area contributed by atoms with Crippen molar-refractivity contribution < 1.29 is 28.2 Å². The SMILES string of the molecule is COc1ccc2cc1OCCCNC(=O)c1cc(ccc1F)Oc1ccc3c(c1)CCN(C(=O)c1cnc(C(C)C)nc1)C23. The number of methoxy groups -OCH3 is 1. The lowest BCUT2D eigenvalue weighted by Crippen LogP contribution is -2.40. The van der Waals surface area contributed by atoms with Crippen molar-refractivity contribution in [3.05, 3.63) is 106 Å². The molecular weight excluding hydrogens is 563 g/mol. The van der Waals surface area contributed by atoms with Crippen molar-refractivity contribution in [2.75, 3.05) is 26.8 Å². The molecule has 0 aliphatic carbocycles. The van der Waals surface area contributed by atoms with E-state index >= 15 is 0 Å². The first-order valence-electron chi connectivity index (χ1n) is 14.6. The summed E-state index contributed by atoms with van der Waals surface area (Å²) in [6, 6.07) is 15.0. The molecule has 9 nitrogen and oxygen atoms in total. The number of hydrogen-bond acceptors (Lipinski definition) is 7. The summed E-state index contributed by atoms with van der Waals surface area (Å²) in [6.07, 6.45) is 4.24. The minimum Gasteiger partial charge on any atom is -0.493 e.